The van der Waals surface area contributed by atoms with Crippen LogP contribution in [-0.2, 0) is 26.2 Å². The van der Waals surface area contributed by atoms with Crippen LogP contribution in [0.5, 0.6) is 0 Å². The summed E-state index contributed by atoms with van der Waals surface area (Å²) in [5.41, 5.74) is 0.872. The Labute approximate surface area is 240 Å². The summed E-state index contributed by atoms with van der Waals surface area (Å²) in [7, 11) is -4.23. The Hall–Kier alpha value is -3.07. The van der Waals surface area contributed by atoms with Crippen molar-refractivity contribution in [1.82, 2.24) is 10.2 Å². The molecule has 2 amide bonds. The largest absolute Gasteiger partial charge is 0.352 e. The summed E-state index contributed by atoms with van der Waals surface area (Å²) in [5.74, 6) is -0.852. The van der Waals surface area contributed by atoms with Crippen molar-refractivity contribution in [3.05, 3.63) is 94.5 Å². The summed E-state index contributed by atoms with van der Waals surface area (Å²) < 4.78 is 28.6. The normalized spacial score (nSPS) is 12.8. The molecule has 0 saturated heterocycles. The number of anilines is 1. The van der Waals surface area contributed by atoms with Gasteiger partial charge in [0, 0.05) is 17.6 Å². The maximum atomic E-state index is 14.0. The number of nitrogens with zero attached hydrogens (tertiary/aromatic N) is 2. The first kappa shape index (κ1) is 30.5. The predicted molar refractivity (Wildman–Crippen MR) is 156 cm³/mol. The summed E-state index contributed by atoms with van der Waals surface area (Å²) in [6.07, 6.45) is 1.06. The van der Waals surface area contributed by atoms with Crippen molar-refractivity contribution in [2.45, 2.75) is 57.1 Å². The monoisotopic (exact) mass is 589 g/mol. The first-order valence-corrected chi connectivity index (χ1v) is 14.9. The van der Waals surface area contributed by atoms with Crippen LogP contribution >= 0.6 is 23.2 Å². The predicted octanol–water partition coefficient (Wildman–Crippen LogP) is 5.91. The highest BCUT2D eigenvalue weighted by Crippen LogP contribution is 2.33. The van der Waals surface area contributed by atoms with Crippen LogP contribution in [0.3, 0.4) is 0 Å². The third-order valence-electron chi connectivity index (χ3n) is 6.37. The van der Waals surface area contributed by atoms with Crippen LogP contribution < -0.4 is 9.62 Å². The third kappa shape index (κ3) is 7.75. The molecule has 10 heteroatoms. The maximum Gasteiger partial charge on any atom is 0.264 e. The van der Waals surface area contributed by atoms with E-state index in [2.05, 4.69) is 5.32 Å². The highest BCUT2D eigenvalue weighted by atomic mass is 35.5. The number of nitrogens with one attached hydrogen (secondary N) is 1. The van der Waals surface area contributed by atoms with E-state index in [0.29, 0.717) is 6.42 Å². The molecule has 3 aromatic rings. The van der Waals surface area contributed by atoms with Crippen LogP contribution in [0.1, 0.15) is 39.2 Å². The van der Waals surface area contributed by atoms with Gasteiger partial charge in [-0.1, -0.05) is 85.6 Å². The van der Waals surface area contributed by atoms with Gasteiger partial charge in [0.25, 0.3) is 10.0 Å². The summed E-state index contributed by atoms with van der Waals surface area (Å²) in [4.78, 5) is 28.7. The molecule has 39 heavy (non-hydrogen) atoms. The molecule has 0 aromatic heterocycles. The van der Waals surface area contributed by atoms with Gasteiger partial charge in [-0.25, -0.2) is 8.42 Å². The van der Waals surface area contributed by atoms with Gasteiger partial charge in [0.05, 0.1) is 15.6 Å². The fourth-order valence-electron chi connectivity index (χ4n) is 4.05. The number of hydrogen-bond acceptors (Lipinski definition) is 4. The van der Waals surface area contributed by atoms with Gasteiger partial charge in [-0.2, -0.15) is 0 Å². The number of hydrogen-bond donors (Lipinski definition) is 1. The molecule has 0 heterocycles. The van der Waals surface area contributed by atoms with Gasteiger partial charge in [-0.15, -0.1) is 0 Å². The smallest absolute Gasteiger partial charge is 0.264 e. The number of rotatable bonds is 12. The molecule has 7 nitrogen and oxygen atoms in total. The lowest BCUT2D eigenvalue weighted by atomic mass is 10.1. The maximum absolute atomic E-state index is 14.0. The lowest BCUT2D eigenvalue weighted by Crippen LogP contribution is -2.53. The molecule has 0 aliphatic heterocycles. The lowest BCUT2D eigenvalue weighted by Gasteiger charge is -2.34. The van der Waals surface area contributed by atoms with Crippen molar-refractivity contribution in [2.24, 2.45) is 0 Å². The zero-order valence-corrected chi connectivity index (χ0v) is 24.5. The van der Waals surface area contributed by atoms with Gasteiger partial charge < -0.3 is 10.2 Å². The zero-order valence-electron chi connectivity index (χ0n) is 22.2. The standard InChI is InChI=1S/C29H33Cl2N3O4S/c1-4-21(3)32-29(36)26(5-2)33(19-22-12-8-6-9-13-22)28(35)20-34(27-18-23(30)16-17-25(27)31)39(37,38)24-14-10-7-11-15-24/h6-18,21,26H,4-5,19-20H2,1-3H3,(H,32,36)/t21-,26-/m0/s1. The number of halogens is 2. The van der Waals surface area contributed by atoms with Gasteiger partial charge in [0.1, 0.15) is 12.6 Å². The minimum Gasteiger partial charge on any atom is -0.352 e. The number of benzene rings is 3. The second-order valence-corrected chi connectivity index (χ2v) is 11.9. The molecule has 0 spiro atoms. The van der Waals surface area contributed by atoms with Gasteiger partial charge in [-0.3, -0.25) is 13.9 Å². The van der Waals surface area contributed by atoms with E-state index < -0.39 is 28.5 Å². The fourth-order valence-corrected chi connectivity index (χ4v) is 5.93. The van der Waals surface area contributed by atoms with E-state index in [1.165, 1.54) is 35.2 Å². The van der Waals surface area contributed by atoms with Crippen LogP contribution in [-0.4, -0.2) is 43.8 Å². The Balaban J connectivity index is 2.07. The summed E-state index contributed by atoms with van der Waals surface area (Å²) in [6, 6.07) is 20.6. The molecule has 3 aromatic carbocycles. The Morgan fingerprint density at radius 3 is 2.10 bits per heavy atom. The first-order valence-electron chi connectivity index (χ1n) is 12.7. The molecule has 2 atom stereocenters. The molecular formula is C29H33Cl2N3O4S. The van der Waals surface area contributed by atoms with E-state index in [-0.39, 0.29) is 39.1 Å². The molecule has 0 unspecified atom stereocenters. The highest BCUT2D eigenvalue weighted by Gasteiger charge is 2.34. The fraction of sp³-hybridized carbons (Fsp3) is 0.310. The molecule has 208 valence electrons. The Bertz CT molecular complexity index is 1370. The SMILES string of the molecule is CC[C@H](C)NC(=O)[C@H](CC)N(Cc1ccccc1)C(=O)CN(c1cc(Cl)ccc1Cl)S(=O)(=O)c1ccccc1. The first-order chi connectivity index (χ1) is 18.6. The molecule has 0 bridgehead atoms. The van der Waals surface area contributed by atoms with E-state index in [9.17, 15) is 18.0 Å². The van der Waals surface area contributed by atoms with E-state index in [1.54, 1.807) is 18.2 Å². The number of amides is 2. The Morgan fingerprint density at radius 2 is 1.51 bits per heavy atom. The Morgan fingerprint density at radius 1 is 0.897 bits per heavy atom. The van der Waals surface area contributed by atoms with Crippen molar-refractivity contribution < 1.29 is 18.0 Å². The lowest BCUT2D eigenvalue weighted by molar-refractivity contribution is -0.140. The van der Waals surface area contributed by atoms with E-state index in [1.807, 2.05) is 51.1 Å². The Kier molecular flexibility index (Phi) is 10.8. The van der Waals surface area contributed by atoms with Crippen molar-refractivity contribution in [2.75, 3.05) is 10.8 Å². The second kappa shape index (κ2) is 13.8. The summed E-state index contributed by atoms with van der Waals surface area (Å²) in [6.45, 7) is 5.20. The zero-order chi connectivity index (χ0) is 28.6. The minimum atomic E-state index is -4.23. The number of carbonyl (C=O) groups excluding carboxylic acids is 2. The van der Waals surface area contributed by atoms with Gasteiger partial charge in [0.2, 0.25) is 11.8 Å². The van der Waals surface area contributed by atoms with Crippen molar-refractivity contribution >= 4 is 50.7 Å². The molecular weight excluding hydrogens is 557 g/mol. The number of sulfonamides is 1. The average Bonchev–Trinajstić information content (AvgIpc) is 2.93. The van der Waals surface area contributed by atoms with E-state index in [0.717, 1.165) is 16.3 Å². The van der Waals surface area contributed by atoms with Gasteiger partial charge >= 0.3 is 0 Å². The average molecular weight is 591 g/mol. The van der Waals surface area contributed by atoms with Crippen molar-refractivity contribution in [3.63, 3.8) is 0 Å². The van der Waals surface area contributed by atoms with Crippen molar-refractivity contribution in [3.8, 4) is 0 Å². The van der Waals surface area contributed by atoms with Crippen LogP contribution in [0.4, 0.5) is 5.69 Å². The molecule has 0 aliphatic rings. The molecule has 1 N–H and O–H groups in total. The quantitative estimate of drug-likeness (QED) is 0.284. The van der Waals surface area contributed by atoms with Crippen LogP contribution in [0.15, 0.2) is 83.8 Å². The summed E-state index contributed by atoms with van der Waals surface area (Å²) in [5, 5.41) is 3.33. The van der Waals surface area contributed by atoms with Crippen LogP contribution in [0.2, 0.25) is 10.0 Å². The topological polar surface area (TPSA) is 86.8 Å². The molecule has 0 aliphatic carbocycles. The van der Waals surface area contributed by atoms with Crippen LogP contribution in [0, 0.1) is 0 Å². The molecule has 0 radical (unpaired) electrons. The van der Waals surface area contributed by atoms with E-state index >= 15 is 0 Å². The molecule has 0 saturated carbocycles. The van der Waals surface area contributed by atoms with Gasteiger partial charge in [-0.05, 0) is 55.7 Å². The molecule has 0 fully saturated rings. The number of carbonyl (C=O) groups is 2. The van der Waals surface area contributed by atoms with Gasteiger partial charge in [0.15, 0.2) is 0 Å². The summed E-state index contributed by atoms with van der Waals surface area (Å²) >= 11 is 12.6. The second-order valence-electron chi connectivity index (χ2n) is 9.17. The van der Waals surface area contributed by atoms with E-state index in [4.69, 9.17) is 23.2 Å². The highest BCUT2D eigenvalue weighted by molar-refractivity contribution is 7.92. The minimum absolute atomic E-state index is 0.00925. The molecule has 3 rings (SSSR count). The third-order valence-corrected chi connectivity index (χ3v) is 8.70. The van der Waals surface area contributed by atoms with Crippen molar-refractivity contribution in [1.29, 1.82) is 0 Å². The van der Waals surface area contributed by atoms with Crippen LogP contribution in [0.25, 0.3) is 0 Å².